The number of benzene rings is 1. The molecule has 0 heterocycles. The lowest BCUT2D eigenvalue weighted by molar-refractivity contribution is 0.249. The average Bonchev–Trinajstić information content (AvgIpc) is 2.48. The molecule has 0 amide bonds. The molecule has 1 atom stereocenters. The second-order valence-corrected chi connectivity index (χ2v) is 4.87. The molecule has 0 aliphatic heterocycles. The predicted molar refractivity (Wildman–Crippen MR) is 102 cm³/mol. The van der Waals surface area contributed by atoms with E-state index in [0.717, 1.165) is 19.0 Å². The van der Waals surface area contributed by atoms with E-state index in [1.165, 1.54) is 5.56 Å². The summed E-state index contributed by atoms with van der Waals surface area (Å²) >= 11 is 0. The molecule has 1 rings (SSSR count). The average molecular weight is 402 g/mol. The van der Waals surface area contributed by atoms with E-state index in [1.807, 2.05) is 12.1 Å². The zero-order valence-electron chi connectivity index (χ0n) is 13.2. The van der Waals surface area contributed by atoms with Crippen molar-refractivity contribution in [3.63, 3.8) is 0 Å². The monoisotopic (exact) mass is 402 g/mol. The maximum Gasteiger partial charge on any atom is 0.191 e. The maximum atomic E-state index is 4.17. The molecule has 0 aliphatic rings. The number of likely N-dealkylation sites (N-methyl/N-ethyl adjacent to an activating group) is 1. The molecule has 0 aromatic heterocycles. The highest BCUT2D eigenvalue weighted by atomic mass is 127. The SMILES string of the molecule is C=CCNC(=NC)NCC(C)N(C)Cc1ccccc1.I. The van der Waals surface area contributed by atoms with Crippen LogP contribution in [0.15, 0.2) is 48.0 Å². The summed E-state index contributed by atoms with van der Waals surface area (Å²) in [5, 5.41) is 6.49. The van der Waals surface area contributed by atoms with Crippen LogP contribution in [0.25, 0.3) is 0 Å². The minimum absolute atomic E-state index is 0. The summed E-state index contributed by atoms with van der Waals surface area (Å²) < 4.78 is 0. The standard InChI is InChI=1S/C16H26N4.HI/c1-5-11-18-16(17-3)19-12-14(2)20(4)13-15-9-7-6-8-10-15;/h5-10,14H,1,11-13H2,2-4H3,(H2,17,18,19);1H. The van der Waals surface area contributed by atoms with Crippen LogP contribution in [0.2, 0.25) is 0 Å². The molecule has 118 valence electrons. The Kier molecular flexibility index (Phi) is 11.0. The maximum absolute atomic E-state index is 4.17. The molecule has 5 heteroatoms. The van der Waals surface area contributed by atoms with Crippen molar-refractivity contribution in [2.75, 3.05) is 27.2 Å². The zero-order chi connectivity index (χ0) is 14.8. The molecule has 0 radical (unpaired) electrons. The molecule has 1 aromatic carbocycles. The first-order valence-electron chi connectivity index (χ1n) is 6.97. The van der Waals surface area contributed by atoms with Gasteiger partial charge in [0.2, 0.25) is 0 Å². The largest absolute Gasteiger partial charge is 0.355 e. The fourth-order valence-electron chi connectivity index (χ4n) is 1.82. The number of rotatable bonds is 7. The van der Waals surface area contributed by atoms with Crippen LogP contribution >= 0.6 is 24.0 Å². The molecule has 4 nitrogen and oxygen atoms in total. The van der Waals surface area contributed by atoms with E-state index in [4.69, 9.17) is 0 Å². The smallest absolute Gasteiger partial charge is 0.191 e. The molecule has 1 unspecified atom stereocenters. The number of halogens is 1. The fraction of sp³-hybridized carbons (Fsp3) is 0.438. The van der Waals surface area contributed by atoms with Crippen molar-refractivity contribution >= 4 is 29.9 Å². The first-order chi connectivity index (χ1) is 9.67. The first kappa shape index (κ1) is 19.9. The van der Waals surface area contributed by atoms with Crippen LogP contribution in [-0.4, -0.2) is 44.1 Å². The summed E-state index contributed by atoms with van der Waals surface area (Å²) in [6.07, 6.45) is 1.82. The van der Waals surface area contributed by atoms with E-state index in [-0.39, 0.29) is 24.0 Å². The van der Waals surface area contributed by atoms with E-state index in [1.54, 1.807) is 7.05 Å². The van der Waals surface area contributed by atoms with Gasteiger partial charge in [0.25, 0.3) is 0 Å². The van der Waals surface area contributed by atoms with Gasteiger partial charge in [-0.25, -0.2) is 0 Å². The van der Waals surface area contributed by atoms with Crippen molar-refractivity contribution in [1.82, 2.24) is 15.5 Å². The lowest BCUT2D eigenvalue weighted by Gasteiger charge is -2.25. The minimum atomic E-state index is 0. The minimum Gasteiger partial charge on any atom is -0.355 e. The van der Waals surface area contributed by atoms with Crippen LogP contribution in [0.3, 0.4) is 0 Å². The van der Waals surface area contributed by atoms with Gasteiger partial charge in [0.1, 0.15) is 0 Å². The highest BCUT2D eigenvalue weighted by molar-refractivity contribution is 14.0. The lowest BCUT2D eigenvalue weighted by atomic mass is 10.2. The quantitative estimate of drug-likeness (QED) is 0.319. The molecule has 0 bridgehead atoms. The lowest BCUT2D eigenvalue weighted by Crippen LogP contribution is -2.44. The highest BCUT2D eigenvalue weighted by Crippen LogP contribution is 2.05. The van der Waals surface area contributed by atoms with Crippen molar-refractivity contribution < 1.29 is 0 Å². The van der Waals surface area contributed by atoms with Gasteiger partial charge in [-0.3, -0.25) is 9.89 Å². The Morgan fingerprint density at radius 3 is 2.57 bits per heavy atom. The van der Waals surface area contributed by atoms with Gasteiger partial charge in [0, 0.05) is 32.7 Å². The number of hydrogen-bond donors (Lipinski definition) is 2. The predicted octanol–water partition coefficient (Wildman–Crippen LogP) is 2.48. The molecule has 2 N–H and O–H groups in total. The third-order valence-electron chi connectivity index (χ3n) is 3.23. The number of nitrogens with zero attached hydrogens (tertiary/aromatic N) is 2. The Hall–Kier alpha value is -1.08. The molecular formula is C16H27IN4. The highest BCUT2D eigenvalue weighted by Gasteiger charge is 2.10. The van der Waals surface area contributed by atoms with Crippen LogP contribution in [0, 0.1) is 0 Å². The summed E-state index contributed by atoms with van der Waals surface area (Å²) in [5.41, 5.74) is 1.33. The van der Waals surface area contributed by atoms with Gasteiger partial charge in [-0.1, -0.05) is 36.4 Å². The Morgan fingerprint density at radius 1 is 1.33 bits per heavy atom. The normalized spacial score (nSPS) is 12.5. The number of guanidine groups is 1. The summed E-state index contributed by atoms with van der Waals surface area (Å²) in [6.45, 7) is 8.40. The van der Waals surface area contributed by atoms with Gasteiger partial charge in [0.05, 0.1) is 0 Å². The Balaban J connectivity index is 0.00000400. The summed E-state index contributed by atoms with van der Waals surface area (Å²) in [6, 6.07) is 10.9. The van der Waals surface area contributed by atoms with E-state index < -0.39 is 0 Å². The Bertz CT molecular complexity index is 420. The molecule has 1 aromatic rings. The fourth-order valence-corrected chi connectivity index (χ4v) is 1.82. The van der Waals surface area contributed by atoms with E-state index in [0.29, 0.717) is 12.6 Å². The number of nitrogens with one attached hydrogen (secondary N) is 2. The molecule has 0 aliphatic carbocycles. The van der Waals surface area contributed by atoms with Crippen LogP contribution in [-0.2, 0) is 6.54 Å². The summed E-state index contributed by atoms with van der Waals surface area (Å²) in [5.74, 6) is 0.810. The number of hydrogen-bond acceptors (Lipinski definition) is 2. The van der Waals surface area contributed by atoms with Gasteiger partial charge in [-0.15, -0.1) is 30.6 Å². The van der Waals surface area contributed by atoms with Gasteiger partial charge < -0.3 is 10.6 Å². The van der Waals surface area contributed by atoms with Crippen molar-refractivity contribution in [1.29, 1.82) is 0 Å². The second kappa shape index (κ2) is 11.6. The van der Waals surface area contributed by atoms with E-state index in [9.17, 15) is 0 Å². The molecule has 0 saturated carbocycles. The Labute approximate surface area is 145 Å². The topological polar surface area (TPSA) is 39.7 Å². The van der Waals surface area contributed by atoms with Crippen molar-refractivity contribution in [2.45, 2.75) is 19.5 Å². The van der Waals surface area contributed by atoms with Gasteiger partial charge in [0.15, 0.2) is 5.96 Å². The molecule has 0 spiro atoms. The molecule has 0 saturated heterocycles. The van der Waals surface area contributed by atoms with Crippen LogP contribution in [0.5, 0.6) is 0 Å². The molecule has 21 heavy (non-hydrogen) atoms. The van der Waals surface area contributed by atoms with Crippen molar-refractivity contribution in [3.8, 4) is 0 Å². The van der Waals surface area contributed by atoms with Crippen LogP contribution in [0.4, 0.5) is 0 Å². The van der Waals surface area contributed by atoms with Gasteiger partial charge in [-0.2, -0.15) is 0 Å². The molecular weight excluding hydrogens is 375 g/mol. The Morgan fingerprint density at radius 2 is 2.00 bits per heavy atom. The molecule has 0 fully saturated rings. The first-order valence-corrected chi connectivity index (χ1v) is 6.97. The van der Waals surface area contributed by atoms with E-state index in [2.05, 4.69) is 65.3 Å². The number of aliphatic imine (C=N–C) groups is 1. The van der Waals surface area contributed by atoms with Gasteiger partial charge in [-0.05, 0) is 19.5 Å². The van der Waals surface area contributed by atoms with Crippen molar-refractivity contribution in [3.05, 3.63) is 48.6 Å². The summed E-state index contributed by atoms with van der Waals surface area (Å²) in [7, 11) is 3.91. The third-order valence-corrected chi connectivity index (χ3v) is 3.23. The zero-order valence-corrected chi connectivity index (χ0v) is 15.5. The second-order valence-electron chi connectivity index (χ2n) is 4.87. The van der Waals surface area contributed by atoms with E-state index >= 15 is 0 Å². The van der Waals surface area contributed by atoms with Crippen molar-refractivity contribution in [2.24, 2.45) is 4.99 Å². The van der Waals surface area contributed by atoms with Gasteiger partial charge >= 0.3 is 0 Å². The van der Waals surface area contributed by atoms with Crippen LogP contribution in [0.1, 0.15) is 12.5 Å². The third kappa shape index (κ3) is 8.06. The summed E-state index contributed by atoms with van der Waals surface area (Å²) in [4.78, 5) is 6.49. The van der Waals surface area contributed by atoms with Crippen LogP contribution < -0.4 is 10.6 Å².